The van der Waals surface area contributed by atoms with Crippen LogP contribution in [-0.2, 0) is 30.9 Å². The monoisotopic (exact) mass is 377 g/mol. The molecule has 0 bridgehead atoms. The van der Waals surface area contributed by atoms with Gasteiger partial charge in [0.2, 0.25) is 0 Å². The fourth-order valence-corrected chi connectivity index (χ4v) is 3.08. The molecule has 1 aromatic heterocycles. The number of amides is 1. The minimum Gasteiger partial charge on any atom is -0.466 e. The van der Waals surface area contributed by atoms with E-state index in [0.29, 0.717) is 32.5 Å². The first-order valence-electron chi connectivity index (χ1n) is 9.12. The van der Waals surface area contributed by atoms with Gasteiger partial charge in [-0.15, -0.1) is 0 Å². The van der Waals surface area contributed by atoms with E-state index in [1.54, 1.807) is 22.6 Å². The molecule has 1 saturated heterocycles. The lowest BCUT2D eigenvalue weighted by Crippen LogP contribution is -2.42. The van der Waals surface area contributed by atoms with Crippen LogP contribution in [0.4, 0.5) is 0 Å². The Bertz CT molecular complexity index is 730. The van der Waals surface area contributed by atoms with Crippen molar-refractivity contribution in [2.45, 2.75) is 33.6 Å². The summed E-state index contributed by atoms with van der Waals surface area (Å²) < 4.78 is 11.8. The summed E-state index contributed by atoms with van der Waals surface area (Å²) in [7, 11) is 1.84. The zero-order chi connectivity index (χ0) is 20.0. The smallest absolute Gasteiger partial charge is 0.331 e. The average Bonchev–Trinajstić information content (AvgIpc) is 2.90. The summed E-state index contributed by atoms with van der Waals surface area (Å²) in [5, 5.41) is 4.27. The molecular weight excluding hydrogens is 350 g/mol. The fourth-order valence-electron chi connectivity index (χ4n) is 3.08. The van der Waals surface area contributed by atoms with Gasteiger partial charge in [-0.25, -0.2) is 4.79 Å². The third kappa shape index (κ3) is 5.42. The number of aryl methyl sites for hydroxylation is 2. The molecule has 0 N–H and O–H groups in total. The third-order valence-electron chi connectivity index (χ3n) is 4.76. The van der Waals surface area contributed by atoms with E-state index in [4.69, 9.17) is 9.47 Å². The summed E-state index contributed by atoms with van der Waals surface area (Å²) in [6.07, 6.45) is 4.09. The van der Waals surface area contributed by atoms with Gasteiger partial charge < -0.3 is 14.4 Å². The number of hydrogen-bond donors (Lipinski definition) is 0. The number of esters is 2. The van der Waals surface area contributed by atoms with E-state index in [1.165, 1.54) is 6.08 Å². The van der Waals surface area contributed by atoms with E-state index in [2.05, 4.69) is 5.10 Å². The molecule has 1 aliphatic rings. The highest BCUT2D eigenvalue weighted by Gasteiger charge is 2.28. The van der Waals surface area contributed by atoms with Crippen molar-refractivity contribution in [1.29, 1.82) is 0 Å². The van der Waals surface area contributed by atoms with Gasteiger partial charge in [0.15, 0.2) is 6.61 Å². The Kier molecular flexibility index (Phi) is 7.15. The Balaban J connectivity index is 1.78. The van der Waals surface area contributed by atoms with Crippen LogP contribution in [0.25, 0.3) is 6.08 Å². The van der Waals surface area contributed by atoms with Gasteiger partial charge in [-0.1, -0.05) is 0 Å². The van der Waals surface area contributed by atoms with Crippen molar-refractivity contribution in [2.24, 2.45) is 13.0 Å². The van der Waals surface area contributed by atoms with Crippen LogP contribution in [0.15, 0.2) is 6.08 Å². The molecule has 0 unspecified atom stereocenters. The molecule has 8 heteroatoms. The zero-order valence-corrected chi connectivity index (χ0v) is 16.4. The van der Waals surface area contributed by atoms with Crippen molar-refractivity contribution in [2.75, 3.05) is 26.3 Å². The molecule has 148 valence electrons. The number of ether oxygens (including phenoxy) is 2. The molecule has 0 saturated carbocycles. The predicted molar refractivity (Wildman–Crippen MR) is 98.6 cm³/mol. The molecule has 0 aliphatic carbocycles. The maximum Gasteiger partial charge on any atom is 0.331 e. The van der Waals surface area contributed by atoms with Crippen LogP contribution in [-0.4, -0.2) is 58.8 Å². The van der Waals surface area contributed by atoms with E-state index in [0.717, 1.165) is 17.0 Å². The van der Waals surface area contributed by atoms with E-state index in [9.17, 15) is 14.4 Å². The first-order chi connectivity index (χ1) is 12.8. The van der Waals surface area contributed by atoms with Crippen LogP contribution in [0, 0.1) is 19.8 Å². The standard InChI is InChI=1S/C19H27N3O5/c1-5-26-19(25)15-8-10-22(11-9-15)17(23)12-27-18(24)7-6-16-13(2)20-21(4)14(16)3/h6-7,15H,5,8-12H2,1-4H3/b7-6+. The Morgan fingerprint density at radius 3 is 2.41 bits per heavy atom. The highest BCUT2D eigenvalue weighted by atomic mass is 16.5. The van der Waals surface area contributed by atoms with Gasteiger partial charge in [-0.3, -0.25) is 14.3 Å². The topological polar surface area (TPSA) is 90.7 Å². The number of rotatable bonds is 6. The third-order valence-corrected chi connectivity index (χ3v) is 4.76. The van der Waals surface area contributed by atoms with Crippen molar-refractivity contribution >= 4 is 23.9 Å². The summed E-state index contributed by atoms with van der Waals surface area (Å²) in [5.74, 6) is -1.20. The van der Waals surface area contributed by atoms with Gasteiger partial charge in [0.1, 0.15) is 0 Å². The maximum absolute atomic E-state index is 12.2. The van der Waals surface area contributed by atoms with E-state index >= 15 is 0 Å². The lowest BCUT2D eigenvalue weighted by molar-refractivity contribution is -0.153. The molecular formula is C19H27N3O5. The van der Waals surface area contributed by atoms with E-state index in [-0.39, 0.29) is 24.4 Å². The molecule has 0 atom stereocenters. The van der Waals surface area contributed by atoms with E-state index < -0.39 is 5.97 Å². The number of piperidine rings is 1. The summed E-state index contributed by atoms with van der Waals surface area (Å²) in [6.45, 7) is 6.53. The normalized spacial score (nSPS) is 15.2. The Labute approximate surface area is 159 Å². The fraction of sp³-hybridized carbons (Fsp3) is 0.579. The summed E-state index contributed by atoms with van der Waals surface area (Å²) >= 11 is 0. The highest BCUT2D eigenvalue weighted by Crippen LogP contribution is 2.19. The van der Waals surface area contributed by atoms with Gasteiger partial charge >= 0.3 is 11.9 Å². The molecule has 1 amide bonds. The quantitative estimate of drug-likeness (QED) is 0.550. The Hall–Kier alpha value is -2.64. The molecule has 1 fully saturated rings. The zero-order valence-electron chi connectivity index (χ0n) is 16.4. The van der Waals surface area contributed by atoms with Gasteiger partial charge in [-0.05, 0) is 39.7 Å². The minimum atomic E-state index is -0.576. The van der Waals surface area contributed by atoms with Crippen LogP contribution in [0.5, 0.6) is 0 Å². The maximum atomic E-state index is 12.2. The number of nitrogens with zero attached hydrogens (tertiary/aromatic N) is 3. The predicted octanol–water partition coefficient (Wildman–Crippen LogP) is 1.40. The number of carbonyl (C=O) groups excluding carboxylic acids is 3. The molecule has 1 aliphatic heterocycles. The lowest BCUT2D eigenvalue weighted by Gasteiger charge is -2.30. The lowest BCUT2D eigenvalue weighted by atomic mass is 9.97. The molecule has 27 heavy (non-hydrogen) atoms. The molecule has 2 heterocycles. The second kappa shape index (κ2) is 9.34. The summed E-state index contributed by atoms with van der Waals surface area (Å²) in [4.78, 5) is 37.4. The SMILES string of the molecule is CCOC(=O)C1CCN(C(=O)COC(=O)/C=C/c2c(C)nn(C)c2C)CC1. The van der Waals surface area contributed by atoms with Crippen molar-refractivity contribution in [3.63, 3.8) is 0 Å². The van der Waals surface area contributed by atoms with Crippen LogP contribution in [0.2, 0.25) is 0 Å². The largest absolute Gasteiger partial charge is 0.466 e. The number of hydrogen-bond acceptors (Lipinski definition) is 6. The van der Waals surface area contributed by atoms with Crippen molar-refractivity contribution in [3.8, 4) is 0 Å². The summed E-state index contributed by atoms with van der Waals surface area (Å²) in [6, 6.07) is 0. The molecule has 0 aromatic carbocycles. The highest BCUT2D eigenvalue weighted by molar-refractivity contribution is 5.89. The first-order valence-corrected chi connectivity index (χ1v) is 9.12. The number of aromatic nitrogens is 2. The van der Waals surface area contributed by atoms with Gasteiger partial charge in [0, 0.05) is 37.5 Å². The molecule has 0 radical (unpaired) electrons. The van der Waals surface area contributed by atoms with Crippen LogP contribution in [0.3, 0.4) is 0 Å². The number of likely N-dealkylation sites (tertiary alicyclic amines) is 1. The van der Waals surface area contributed by atoms with Gasteiger partial charge in [0.25, 0.3) is 5.91 Å². The number of carbonyl (C=O) groups is 3. The van der Waals surface area contributed by atoms with Crippen LogP contribution < -0.4 is 0 Å². The van der Waals surface area contributed by atoms with E-state index in [1.807, 2.05) is 20.9 Å². The second-order valence-electron chi connectivity index (χ2n) is 6.56. The molecule has 8 nitrogen and oxygen atoms in total. The van der Waals surface area contributed by atoms with Crippen molar-refractivity contribution < 1.29 is 23.9 Å². The van der Waals surface area contributed by atoms with Crippen molar-refractivity contribution in [3.05, 3.63) is 23.0 Å². The van der Waals surface area contributed by atoms with Crippen molar-refractivity contribution in [1.82, 2.24) is 14.7 Å². The minimum absolute atomic E-state index is 0.162. The molecule has 1 aromatic rings. The molecule has 0 spiro atoms. The van der Waals surface area contributed by atoms with Crippen LogP contribution in [0.1, 0.15) is 36.7 Å². The average molecular weight is 377 g/mol. The Morgan fingerprint density at radius 2 is 1.85 bits per heavy atom. The Morgan fingerprint density at radius 1 is 1.19 bits per heavy atom. The second-order valence-corrected chi connectivity index (χ2v) is 6.56. The molecule has 2 rings (SSSR count). The van der Waals surface area contributed by atoms with Gasteiger partial charge in [0.05, 0.1) is 18.2 Å². The first kappa shape index (κ1) is 20.7. The van der Waals surface area contributed by atoms with Gasteiger partial charge in [-0.2, -0.15) is 5.10 Å². The van der Waals surface area contributed by atoms with Crippen LogP contribution >= 0.6 is 0 Å². The summed E-state index contributed by atoms with van der Waals surface area (Å²) in [5.41, 5.74) is 2.62.